The highest BCUT2D eigenvalue weighted by atomic mass is 79.9. The number of allylic oxidation sites excluding steroid dienone is 1. The Morgan fingerprint density at radius 3 is 2.37 bits per heavy atom. The molecule has 1 aliphatic rings. The lowest BCUT2D eigenvalue weighted by atomic mass is 10.1. The van der Waals surface area contributed by atoms with Crippen LogP contribution in [0.25, 0.3) is 34.1 Å². The summed E-state index contributed by atoms with van der Waals surface area (Å²) in [7, 11) is 3.21. The van der Waals surface area contributed by atoms with Crippen molar-refractivity contribution < 1.29 is 14.3 Å². The summed E-state index contributed by atoms with van der Waals surface area (Å²) >= 11 is 3.54. The van der Waals surface area contributed by atoms with Crippen molar-refractivity contribution in [3.8, 4) is 22.8 Å². The molecular formula is C33H33BrN4O3. The zero-order chi connectivity index (χ0) is 28.3. The van der Waals surface area contributed by atoms with E-state index >= 15 is 0 Å². The number of piperidine rings is 1. The van der Waals surface area contributed by atoms with Gasteiger partial charge in [0.25, 0.3) is 0 Å². The van der Waals surface area contributed by atoms with Crippen LogP contribution in [0.15, 0.2) is 77.3 Å². The fraction of sp³-hybridized carbons (Fsp3) is 0.273. The number of fused-ring (bicyclic) bond motifs is 3. The lowest BCUT2D eigenvalue weighted by Gasteiger charge is -2.26. The molecule has 0 bridgehead atoms. The van der Waals surface area contributed by atoms with Crippen LogP contribution in [0, 0.1) is 0 Å². The molecule has 0 atom stereocenters. The van der Waals surface area contributed by atoms with Crippen LogP contribution in [-0.2, 0) is 6.54 Å². The molecule has 210 valence electrons. The van der Waals surface area contributed by atoms with Gasteiger partial charge in [-0.05, 0) is 74.0 Å². The average Bonchev–Trinajstić information content (AvgIpc) is 3.54. The molecule has 6 rings (SSSR count). The van der Waals surface area contributed by atoms with Crippen molar-refractivity contribution in [3.63, 3.8) is 0 Å². The maximum atomic E-state index is 14.1. The minimum absolute atomic E-state index is 0.121. The number of benzene rings is 3. The molecule has 3 aromatic carbocycles. The molecule has 3 heterocycles. The predicted molar refractivity (Wildman–Crippen MR) is 167 cm³/mol. The highest BCUT2D eigenvalue weighted by Gasteiger charge is 2.25. The largest absolute Gasteiger partial charge is 0.493 e. The van der Waals surface area contributed by atoms with Crippen molar-refractivity contribution in [3.05, 3.63) is 88.5 Å². The molecule has 0 radical (unpaired) electrons. The maximum Gasteiger partial charge on any atom is 0.216 e. The summed E-state index contributed by atoms with van der Waals surface area (Å²) in [5.74, 6) is 1.91. The smallest absolute Gasteiger partial charge is 0.216 e. The van der Waals surface area contributed by atoms with E-state index in [-0.39, 0.29) is 5.78 Å². The van der Waals surface area contributed by atoms with Crippen LogP contribution in [0.4, 0.5) is 0 Å². The van der Waals surface area contributed by atoms with E-state index in [9.17, 15) is 4.79 Å². The Morgan fingerprint density at radius 2 is 1.63 bits per heavy atom. The summed E-state index contributed by atoms with van der Waals surface area (Å²) in [6.45, 7) is 4.04. The lowest BCUT2D eigenvalue weighted by molar-refractivity contribution is 0.104. The Balaban J connectivity index is 1.47. The third-order valence-electron chi connectivity index (χ3n) is 7.79. The number of ketones is 1. The van der Waals surface area contributed by atoms with Crippen LogP contribution in [-0.4, -0.2) is 58.5 Å². The summed E-state index contributed by atoms with van der Waals surface area (Å²) in [6.07, 6.45) is 7.25. The molecule has 0 spiro atoms. The van der Waals surface area contributed by atoms with Crippen LogP contribution in [0.1, 0.15) is 35.3 Å². The van der Waals surface area contributed by atoms with E-state index in [0.29, 0.717) is 22.9 Å². The number of carbonyl (C=O) groups is 1. The highest BCUT2D eigenvalue weighted by molar-refractivity contribution is 9.10. The van der Waals surface area contributed by atoms with E-state index < -0.39 is 0 Å². The van der Waals surface area contributed by atoms with Crippen LogP contribution in [0.3, 0.4) is 0 Å². The monoisotopic (exact) mass is 612 g/mol. The Morgan fingerprint density at radius 1 is 0.902 bits per heavy atom. The zero-order valence-electron chi connectivity index (χ0n) is 23.3. The summed E-state index contributed by atoms with van der Waals surface area (Å²) in [4.78, 5) is 21.7. The number of halogens is 1. The Kier molecular flexibility index (Phi) is 7.94. The van der Waals surface area contributed by atoms with Gasteiger partial charge in [-0.1, -0.05) is 58.8 Å². The van der Waals surface area contributed by atoms with Gasteiger partial charge in [-0.15, -0.1) is 0 Å². The SMILES string of the molecule is COc1ccc(C=CC(=O)c2c(-c3ccc(Br)cc3)nc3n(CCN4CCCCC4)c4ccccc4n23)cc1OC. The molecule has 1 fully saturated rings. The molecule has 41 heavy (non-hydrogen) atoms. The summed E-state index contributed by atoms with van der Waals surface area (Å²) in [5, 5.41) is 0. The number of imidazole rings is 2. The molecule has 2 aromatic heterocycles. The van der Waals surface area contributed by atoms with Crippen LogP contribution >= 0.6 is 15.9 Å². The van der Waals surface area contributed by atoms with Crippen molar-refractivity contribution in [2.75, 3.05) is 33.9 Å². The minimum Gasteiger partial charge on any atom is -0.493 e. The van der Waals surface area contributed by atoms with Crippen molar-refractivity contribution in [2.45, 2.75) is 25.8 Å². The molecule has 7 nitrogen and oxygen atoms in total. The van der Waals surface area contributed by atoms with Crippen molar-refractivity contribution in [2.24, 2.45) is 0 Å². The van der Waals surface area contributed by atoms with Gasteiger partial charge in [-0.25, -0.2) is 4.98 Å². The van der Waals surface area contributed by atoms with Gasteiger partial charge in [-0.3, -0.25) is 9.20 Å². The zero-order valence-corrected chi connectivity index (χ0v) is 24.9. The molecule has 0 N–H and O–H groups in total. The first-order valence-electron chi connectivity index (χ1n) is 14.0. The number of rotatable bonds is 9. The number of methoxy groups -OCH3 is 2. The number of carbonyl (C=O) groups excluding carboxylic acids is 1. The minimum atomic E-state index is -0.121. The Hall–Kier alpha value is -3.88. The van der Waals surface area contributed by atoms with Gasteiger partial charge in [0.05, 0.1) is 25.3 Å². The van der Waals surface area contributed by atoms with Gasteiger partial charge >= 0.3 is 0 Å². The molecule has 1 aliphatic heterocycles. The van der Waals surface area contributed by atoms with Crippen LogP contribution in [0.5, 0.6) is 11.5 Å². The normalized spacial score (nSPS) is 14.3. The average molecular weight is 614 g/mol. The van der Waals surface area contributed by atoms with Gasteiger partial charge in [-0.2, -0.15) is 0 Å². The van der Waals surface area contributed by atoms with Crippen molar-refractivity contribution >= 4 is 44.6 Å². The third-order valence-corrected chi connectivity index (χ3v) is 8.32. The molecule has 0 unspecified atom stereocenters. The Labute approximate surface area is 248 Å². The number of likely N-dealkylation sites (tertiary alicyclic amines) is 1. The second kappa shape index (κ2) is 11.9. The van der Waals surface area contributed by atoms with Crippen molar-refractivity contribution in [1.82, 2.24) is 18.9 Å². The van der Waals surface area contributed by atoms with E-state index in [1.165, 1.54) is 19.3 Å². The van der Waals surface area contributed by atoms with Gasteiger partial charge in [0.1, 0.15) is 11.4 Å². The van der Waals surface area contributed by atoms with E-state index in [1.807, 2.05) is 65.1 Å². The summed E-state index contributed by atoms with van der Waals surface area (Å²) in [6, 6.07) is 21.8. The first-order valence-corrected chi connectivity index (χ1v) is 14.8. The summed E-state index contributed by atoms with van der Waals surface area (Å²) < 4.78 is 16.1. The molecular weight excluding hydrogens is 580 g/mol. The topological polar surface area (TPSA) is 61.0 Å². The number of para-hydroxylation sites is 2. The van der Waals surface area contributed by atoms with Crippen LogP contribution in [0.2, 0.25) is 0 Å². The molecule has 8 heteroatoms. The first-order chi connectivity index (χ1) is 20.1. The molecule has 5 aromatic rings. The molecule has 0 saturated carbocycles. The summed E-state index contributed by atoms with van der Waals surface area (Å²) in [5.41, 5.74) is 5.00. The second-order valence-corrected chi connectivity index (χ2v) is 11.2. The van der Waals surface area contributed by atoms with E-state index in [0.717, 1.165) is 58.6 Å². The van der Waals surface area contributed by atoms with Crippen LogP contribution < -0.4 is 9.47 Å². The Bertz CT molecular complexity index is 1730. The fourth-order valence-corrected chi connectivity index (χ4v) is 5.96. The predicted octanol–water partition coefficient (Wildman–Crippen LogP) is 7.12. The number of hydrogen-bond donors (Lipinski definition) is 0. The second-order valence-electron chi connectivity index (χ2n) is 10.3. The number of nitrogens with zero attached hydrogens (tertiary/aromatic N) is 4. The highest BCUT2D eigenvalue weighted by Crippen LogP contribution is 2.32. The van der Waals surface area contributed by atoms with E-state index in [4.69, 9.17) is 14.5 Å². The van der Waals surface area contributed by atoms with E-state index in [1.54, 1.807) is 20.3 Å². The van der Waals surface area contributed by atoms with Gasteiger partial charge in [0.2, 0.25) is 11.6 Å². The van der Waals surface area contributed by atoms with E-state index in [2.05, 4.69) is 37.5 Å². The standard InChI is InChI=1S/C33H33BrN4O3/c1-40-29-17-11-23(22-30(29)41-2)10-16-28(39)32-31(24-12-14-25(34)15-13-24)35-33-37(21-20-36-18-6-3-7-19-36)26-8-4-5-9-27(26)38(32)33/h4-5,8-17,22H,3,6-7,18-21H2,1-2H3. The lowest BCUT2D eigenvalue weighted by Crippen LogP contribution is -2.32. The maximum absolute atomic E-state index is 14.1. The van der Waals surface area contributed by atoms with Crippen molar-refractivity contribution in [1.29, 1.82) is 0 Å². The number of ether oxygens (including phenoxy) is 2. The van der Waals surface area contributed by atoms with Gasteiger partial charge in [0, 0.05) is 23.1 Å². The quantitative estimate of drug-likeness (QED) is 0.131. The van der Waals surface area contributed by atoms with Gasteiger partial charge < -0.3 is 18.9 Å². The third kappa shape index (κ3) is 5.42. The molecule has 1 saturated heterocycles. The number of aromatic nitrogens is 3. The number of hydrogen-bond acceptors (Lipinski definition) is 5. The van der Waals surface area contributed by atoms with Gasteiger partial charge in [0.15, 0.2) is 11.5 Å². The first kappa shape index (κ1) is 27.3. The fourth-order valence-electron chi connectivity index (χ4n) is 5.70. The molecule has 0 amide bonds. The molecule has 0 aliphatic carbocycles.